The molecule has 11 aromatic carbocycles. The average Bonchev–Trinajstić information content (AvgIpc) is 4.17. The van der Waals surface area contributed by atoms with E-state index in [4.69, 9.17) is 6.57 Å². The Hall–Kier alpha value is -9.25. The molecule has 7 heteroatoms. The first-order chi connectivity index (χ1) is 37.9. The molecule has 0 amide bonds. The normalized spacial score (nSPS) is 14.3. The number of nitrogens with zero attached hydrogens (tertiary/aromatic N) is 5. The van der Waals surface area contributed by atoms with E-state index in [9.17, 15) is 5.26 Å². The van der Waals surface area contributed by atoms with Gasteiger partial charge in [0.2, 0.25) is 0 Å². The lowest BCUT2D eigenvalue weighted by atomic mass is 9.65. The number of aromatic nitrogens is 1. The third kappa shape index (κ3) is 6.88. The molecule has 1 aromatic heterocycles. The summed E-state index contributed by atoms with van der Waals surface area (Å²) in [5, 5.41) is 19.9. The lowest BCUT2D eigenvalue weighted by Crippen LogP contribution is -2.37. The molecule has 1 aliphatic heterocycles. The molecule has 0 saturated carbocycles. The van der Waals surface area contributed by atoms with Gasteiger partial charge < -0.3 is 14.4 Å². The third-order valence-corrected chi connectivity index (χ3v) is 20.8. The zero-order chi connectivity index (χ0) is 53.2. The molecule has 5 nitrogen and oxygen atoms in total. The molecular formula is C71H55N5Si2. The van der Waals surface area contributed by atoms with E-state index >= 15 is 0 Å². The van der Waals surface area contributed by atoms with Crippen molar-refractivity contribution in [3.63, 3.8) is 0 Å². The van der Waals surface area contributed by atoms with E-state index in [1.54, 1.807) is 0 Å². The van der Waals surface area contributed by atoms with Crippen molar-refractivity contribution in [3.8, 4) is 22.9 Å². The van der Waals surface area contributed by atoms with Gasteiger partial charge in [-0.3, -0.25) is 0 Å². The Bertz CT molecular complexity index is 4320. The summed E-state index contributed by atoms with van der Waals surface area (Å²) < 4.78 is 2.52. The minimum absolute atomic E-state index is 0.605. The lowest BCUT2D eigenvalue weighted by molar-refractivity contribution is 0.749. The number of hydrogen-bond donors (Lipinski definition) is 0. The van der Waals surface area contributed by atoms with Gasteiger partial charge in [-0.15, -0.1) is 0 Å². The van der Waals surface area contributed by atoms with Gasteiger partial charge in [-0.05, 0) is 129 Å². The monoisotopic (exact) mass is 1030 g/mol. The third-order valence-electron chi connectivity index (χ3n) is 16.7. The van der Waals surface area contributed by atoms with Crippen LogP contribution in [0.5, 0.6) is 0 Å². The van der Waals surface area contributed by atoms with Gasteiger partial charge >= 0.3 is 0 Å². The maximum absolute atomic E-state index is 10.1. The molecule has 0 N–H and O–H groups in total. The number of nitriles is 1. The molecule has 2 aliphatic rings. The fraction of sp³-hybridized carbons (Fsp3) is 0.0986. The quantitative estimate of drug-likeness (QED) is 0.112. The zero-order valence-electron chi connectivity index (χ0n) is 44.6. The molecule has 0 fully saturated rings. The number of fused-ring (bicyclic) bond motifs is 16. The van der Waals surface area contributed by atoms with Gasteiger partial charge in [0, 0.05) is 44.3 Å². The van der Waals surface area contributed by atoms with Crippen LogP contribution in [0.25, 0.3) is 65.0 Å². The van der Waals surface area contributed by atoms with E-state index in [2.05, 4.69) is 265 Å². The van der Waals surface area contributed by atoms with Gasteiger partial charge in [-0.2, -0.15) is 5.26 Å². The van der Waals surface area contributed by atoms with E-state index in [0.29, 0.717) is 11.3 Å². The fourth-order valence-electron chi connectivity index (χ4n) is 13.1. The fourth-order valence-corrected chi connectivity index (χ4v) is 15.4. The van der Waals surface area contributed by atoms with Crippen LogP contribution in [-0.2, 0) is 5.41 Å². The topological polar surface area (TPSA) is 39.6 Å². The van der Waals surface area contributed by atoms with Crippen LogP contribution in [0, 0.1) is 17.9 Å². The van der Waals surface area contributed by atoms with Crippen molar-refractivity contribution in [2.24, 2.45) is 0 Å². The Balaban J connectivity index is 1.17. The SMILES string of the molecule is [C-]#[N+]c1ccc(N(c2ccc([Si](C)(C)C)cc2)c2cc3c(c4ccccc24)-c2c(cc(N(c4ccc(C#N)cc4)c4ccc([Si](C)(C)C)cc4)c4ccccc24)C32c3ccccc3-n3c4ccccc4c4cccc2c43)cc1. The maximum atomic E-state index is 10.1. The van der Waals surface area contributed by atoms with Crippen molar-refractivity contribution < 1.29 is 0 Å². The molecule has 1 spiro atoms. The molecule has 14 rings (SSSR count). The molecule has 78 heavy (non-hydrogen) atoms. The van der Waals surface area contributed by atoms with Crippen LogP contribution in [0.15, 0.2) is 224 Å². The van der Waals surface area contributed by atoms with Crippen LogP contribution >= 0.6 is 0 Å². The summed E-state index contributed by atoms with van der Waals surface area (Å²) >= 11 is 0. The van der Waals surface area contributed by atoms with Crippen LogP contribution in [-0.4, -0.2) is 20.7 Å². The first-order valence-corrected chi connectivity index (χ1v) is 33.9. The summed E-state index contributed by atoms with van der Waals surface area (Å²) in [6, 6.07) is 85.2. The first-order valence-electron chi connectivity index (χ1n) is 26.9. The standard InChI is InChI=1S/C71H55N5Si2/c1-73-47-29-33-49(34-30-47)75(51-37-41-53(42-38-51)78(5,6)7)67-44-63-69(58-21-11-9-18-55(58)67)68-57-20-10-8-17-54(57)66(74(48-31-27-46(45-72)28-32-48)50-35-39-52(40-36-50)77(2,3)4)43-62(68)71(63)60-23-13-15-26-65(60)76-64-25-14-12-19-56(64)59-22-16-24-61(71)70(59)76/h8-44H,2-7H3. The van der Waals surface area contributed by atoms with Gasteiger partial charge in [0.1, 0.15) is 0 Å². The predicted molar refractivity (Wildman–Crippen MR) is 333 cm³/mol. The highest BCUT2D eigenvalue weighted by molar-refractivity contribution is 6.89. The Morgan fingerprint density at radius 3 is 1.36 bits per heavy atom. The molecule has 12 aromatic rings. The summed E-state index contributed by atoms with van der Waals surface area (Å²) in [5.74, 6) is 0. The van der Waals surface area contributed by atoms with Crippen molar-refractivity contribution in [2.45, 2.75) is 44.7 Å². The molecule has 0 saturated heterocycles. The van der Waals surface area contributed by atoms with E-state index in [-0.39, 0.29) is 0 Å². The minimum atomic E-state index is -1.64. The van der Waals surface area contributed by atoms with Crippen LogP contribution < -0.4 is 20.2 Å². The van der Waals surface area contributed by atoms with Gasteiger partial charge in [-0.25, -0.2) is 4.85 Å². The van der Waals surface area contributed by atoms with Crippen molar-refractivity contribution in [2.75, 3.05) is 9.80 Å². The van der Waals surface area contributed by atoms with E-state index < -0.39 is 21.6 Å². The van der Waals surface area contributed by atoms with Crippen molar-refractivity contribution >= 4 is 110 Å². The summed E-state index contributed by atoms with van der Waals surface area (Å²) in [5.41, 5.74) is 17.5. The van der Waals surface area contributed by atoms with Crippen LogP contribution in [0.2, 0.25) is 39.3 Å². The minimum Gasteiger partial charge on any atom is -0.310 e. The van der Waals surface area contributed by atoms with Crippen molar-refractivity contribution in [1.82, 2.24) is 4.57 Å². The second-order valence-electron chi connectivity index (χ2n) is 23.1. The Labute approximate surface area is 458 Å². The highest BCUT2D eigenvalue weighted by Crippen LogP contribution is 2.65. The number of hydrogen-bond acceptors (Lipinski definition) is 3. The second kappa shape index (κ2) is 17.4. The predicted octanol–water partition coefficient (Wildman–Crippen LogP) is 18.2. The largest absolute Gasteiger partial charge is 0.310 e. The molecule has 2 heterocycles. The second-order valence-corrected chi connectivity index (χ2v) is 33.3. The van der Waals surface area contributed by atoms with Crippen LogP contribution in [0.1, 0.15) is 27.8 Å². The summed E-state index contributed by atoms with van der Waals surface area (Å²) in [6.07, 6.45) is 0. The van der Waals surface area contributed by atoms with Gasteiger partial charge in [0.05, 0.1) is 67.9 Å². The van der Waals surface area contributed by atoms with Gasteiger partial charge in [0.25, 0.3) is 0 Å². The van der Waals surface area contributed by atoms with E-state index in [0.717, 1.165) is 50.6 Å². The number of benzene rings is 11. The number of rotatable bonds is 8. The molecular weight excluding hydrogens is 979 g/mol. The average molecular weight is 1030 g/mol. The Morgan fingerprint density at radius 2 is 0.859 bits per heavy atom. The van der Waals surface area contributed by atoms with Crippen molar-refractivity contribution in [3.05, 3.63) is 264 Å². The molecule has 1 atom stereocenters. The lowest BCUT2D eigenvalue weighted by Gasteiger charge is -2.40. The molecule has 0 radical (unpaired) electrons. The van der Waals surface area contributed by atoms with E-state index in [1.807, 2.05) is 24.3 Å². The molecule has 1 aliphatic carbocycles. The molecule has 372 valence electrons. The number of anilines is 6. The number of para-hydroxylation sites is 3. The highest BCUT2D eigenvalue weighted by atomic mass is 28.3. The van der Waals surface area contributed by atoms with Crippen LogP contribution in [0.3, 0.4) is 0 Å². The smallest absolute Gasteiger partial charge is 0.187 e. The highest BCUT2D eigenvalue weighted by Gasteiger charge is 2.53. The van der Waals surface area contributed by atoms with Crippen LogP contribution in [0.4, 0.5) is 39.8 Å². The van der Waals surface area contributed by atoms with Gasteiger partial charge in [0.15, 0.2) is 5.69 Å². The Morgan fingerprint density at radius 1 is 0.436 bits per heavy atom. The zero-order valence-corrected chi connectivity index (χ0v) is 46.6. The summed E-state index contributed by atoms with van der Waals surface area (Å²) in [4.78, 5) is 8.67. The molecule has 1 unspecified atom stereocenters. The van der Waals surface area contributed by atoms with Gasteiger partial charge in [-0.1, -0.05) is 189 Å². The maximum Gasteiger partial charge on any atom is 0.187 e. The van der Waals surface area contributed by atoms with Crippen molar-refractivity contribution in [1.29, 1.82) is 5.26 Å². The summed E-state index contributed by atoms with van der Waals surface area (Å²) in [6.45, 7) is 22.3. The molecule has 0 bridgehead atoms. The Kier molecular flexibility index (Phi) is 10.5. The first kappa shape index (κ1) is 47.2. The van der Waals surface area contributed by atoms with E-state index in [1.165, 1.54) is 76.3 Å². The summed E-state index contributed by atoms with van der Waals surface area (Å²) in [7, 11) is -3.29.